The molecule has 0 saturated carbocycles. The van der Waals surface area contributed by atoms with E-state index in [9.17, 15) is 0 Å². The van der Waals surface area contributed by atoms with E-state index in [-0.39, 0.29) is 0 Å². The Morgan fingerprint density at radius 1 is 1.00 bits per heavy atom. The van der Waals surface area contributed by atoms with E-state index < -0.39 is 0 Å². The lowest BCUT2D eigenvalue weighted by Gasteiger charge is -1.96. The van der Waals surface area contributed by atoms with Gasteiger partial charge in [-0.2, -0.15) is 0 Å². The Bertz CT molecular complexity index is 44.3. The van der Waals surface area contributed by atoms with Gasteiger partial charge in [-0.1, -0.05) is 39.3 Å². The summed E-state index contributed by atoms with van der Waals surface area (Å²) in [7, 11) is 1.91. The van der Waals surface area contributed by atoms with Crippen molar-refractivity contribution in [2.75, 3.05) is 0 Å². The molecule has 0 aliphatic carbocycles. The van der Waals surface area contributed by atoms with E-state index in [0.717, 1.165) is 15.0 Å². The summed E-state index contributed by atoms with van der Waals surface area (Å²) in [4.78, 5) is 0. The van der Waals surface area contributed by atoms with Crippen LogP contribution in [0.1, 0.15) is 26.7 Å². The second-order valence-corrected chi connectivity index (χ2v) is 2.32. The van der Waals surface area contributed by atoms with Crippen LogP contribution >= 0.6 is 0 Å². The van der Waals surface area contributed by atoms with Crippen LogP contribution in [0.25, 0.3) is 0 Å². The summed E-state index contributed by atoms with van der Waals surface area (Å²) in [5, 5.41) is 0. The van der Waals surface area contributed by atoms with Crippen LogP contribution in [0.15, 0.2) is 0 Å². The quantitative estimate of drug-likeness (QED) is 0.385. The molecule has 0 aliphatic heterocycles. The number of hydrogen-bond donors (Lipinski definition) is 0. The lowest BCUT2D eigenvalue weighted by molar-refractivity contribution is 0.628. The maximum absolute atomic E-state index is 5.31. The van der Waals surface area contributed by atoms with Crippen molar-refractivity contribution < 1.29 is 4.57 Å². The lowest BCUT2D eigenvalue weighted by atomic mass is 9.85. The topological polar surface area (TPSA) is 9.23 Å². The van der Waals surface area contributed by atoms with Crippen molar-refractivity contribution in [2.24, 2.45) is 0 Å². The predicted molar refractivity (Wildman–Crippen MR) is 45.6 cm³/mol. The van der Waals surface area contributed by atoms with Gasteiger partial charge in [-0.05, 0) is 0 Å². The average molecular weight is 126 g/mol. The third kappa shape index (κ3) is 8.09. The molecular weight excluding hydrogens is 110 g/mol. The highest BCUT2D eigenvalue weighted by atomic mass is 16.4. The highest BCUT2D eigenvalue weighted by Crippen LogP contribution is 1.89. The van der Waals surface area contributed by atoms with E-state index in [2.05, 4.69) is 13.8 Å². The first-order valence-electron chi connectivity index (χ1n) is 3.99. The number of rotatable bonds is 6. The minimum atomic E-state index is 0.955. The lowest BCUT2D eigenvalue weighted by Crippen LogP contribution is -2.02. The van der Waals surface area contributed by atoms with Crippen LogP contribution in [0, 0.1) is 0 Å². The normalized spacial score (nSPS) is 9.11. The van der Waals surface area contributed by atoms with Crippen LogP contribution in [0.2, 0.25) is 12.6 Å². The molecule has 9 heavy (non-hydrogen) atoms. The van der Waals surface area contributed by atoms with Gasteiger partial charge in [0.05, 0.1) is 0 Å². The zero-order valence-corrected chi connectivity index (χ0v) is 6.65. The Labute approximate surface area is 59.7 Å². The van der Waals surface area contributed by atoms with Crippen LogP contribution in [0.3, 0.4) is 0 Å². The molecule has 0 bridgehead atoms. The monoisotopic (exact) mass is 126 g/mol. The molecule has 0 aromatic carbocycles. The summed E-state index contributed by atoms with van der Waals surface area (Å²) >= 11 is 0. The summed E-state index contributed by atoms with van der Waals surface area (Å²) in [5.74, 6) is 0. The maximum atomic E-state index is 5.31. The van der Waals surface area contributed by atoms with Crippen molar-refractivity contribution in [2.45, 2.75) is 39.3 Å². The summed E-state index contributed by atoms with van der Waals surface area (Å²) in [5.41, 5.74) is 0. The van der Waals surface area contributed by atoms with Crippen molar-refractivity contribution >= 4 is 15.0 Å². The zero-order chi connectivity index (χ0) is 6.95. The van der Waals surface area contributed by atoms with Gasteiger partial charge in [-0.15, -0.1) is 0 Å². The molecule has 0 fully saturated rings. The van der Waals surface area contributed by atoms with Crippen molar-refractivity contribution in [3.63, 3.8) is 0 Å². The Kier molecular flexibility index (Phi) is 8.17. The van der Waals surface area contributed by atoms with Crippen LogP contribution in [0.4, 0.5) is 0 Å². The molecule has 1 nitrogen and oxygen atoms in total. The van der Waals surface area contributed by atoms with Crippen molar-refractivity contribution in [3.05, 3.63) is 0 Å². The molecule has 0 aliphatic rings. The highest BCUT2D eigenvalue weighted by Gasteiger charge is 1.90. The molecule has 52 valence electrons. The van der Waals surface area contributed by atoms with Gasteiger partial charge in [-0.25, -0.2) is 0 Å². The van der Waals surface area contributed by atoms with Gasteiger partial charge in [0.2, 0.25) is 0 Å². The van der Waals surface area contributed by atoms with Gasteiger partial charge in [0.25, 0.3) is 15.0 Å². The first-order chi connectivity index (χ1) is 4.41. The van der Waals surface area contributed by atoms with Gasteiger partial charge >= 0.3 is 0 Å². The van der Waals surface area contributed by atoms with Crippen LogP contribution < -0.4 is 0 Å². The van der Waals surface area contributed by atoms with Gasteiger partial charge in [0, 0.05) is 0 Å². The van der Waals surface area contributed by atoms with Gasteiger partial charge < -0.3 is 4.57 Å². The first-order valence-corrected chi connectivity index (χ1v) is 3.99. The summed E-state index contributed by atoms with van der Waals surface area (Å²) in [6, 6.07) is 0. The Morgan fingerprint density at radius 3 is 1.78 bits per heavy atom. The standard InChI is InChI=1S/C6H16B2O/c1-3-5-7-9-8-6-4-2/h7-8H,3-6H2,1-2H3. The van der Waals surface area contributed by atoms with Crippen LogP contribution in [-0.4, -0.2) is 15.0 Å². The molecule has 0 spiro atoms. The number of hydrogen-bond acceptors (Lipinski definition) is 1. The van der Waals surface area contributed by atoms with Crippen molar-refractivity contribution in [1.82, 2.24) is 0 Å². The van der Waals surface area contributed by atoms with Gasteiger partial charge in [0.15, 0.2) is 0 Å². The van der Waals surface area contributed by atoms with E-state index in [1.807, 2.05) is 0 Å². The van der Waals surface area contributed by atoms with Gasteiger partial charge in [-0.3, -0.25) is 0 Å². The molecule has 0 unspecified atom stereocenters. The van der Waals surface area contributed by atoms with Crippen LogP contribution in [0.5, 0.6) is 0 Å². The molecular formula is C6H16B2O. The Morgan fingerprint density at radius 2 is 1.44 bits per heavy atom. The summed E-state index contributed by atoms with van der Waals surface area (Å²) in [6.07, 6.45) is 4.91. The fourth-order valence-electron chi connectivity index (χ4n) is 0.595. The zero-order valence-electron chi connectivity index (χ0n) is 6.65. The Balaban J connectivity index is 2.60. The molecule has 3 heteroatoms. The molecule has 0 N–H and O–H groups in total. The molecule has 0 heterocycles. The van der Waals surface area contributed by atoms with E-state index in [1.165, 1.54) is 25.5 Å². The van der Waals surface area contributed by atoms with Crippen LogP contribution in [-0.2, 0) is 4.57 Å². The fourth-order valence-corrected chi connectivity index (χ4v) is 0.595. The molecule has 0 atom stereocenters. The minimum Gasteiger partial charge on any atom is -0.504 e. The molecule has 0 aromatic rings. The third-order valence-electron chi connectivity index (χ3n) is 1.28. The van der Waals surface area contributed by atoms with E-state index in [4.69, 9.17) is 4.57 Å². The summed E-state index contributed by atoms with van der Waals surface area (Å²) < 4.78 is 5.31. The predicted octanol–water partition coefficient (Wildman–Crippen LogP) is 1.36. The van der Waals surface area contributed by atoms with E-state index in [1.54, 1.807) is 0 Å². The Hall–Kier alpha value is 0.0899. The first kappa shape index (κ1) is 9.09. The summed E-state index contributed by atoms with van der Waals surface area (Å²) in [6.45, 7) is 4.37. The molecule has 0 radical (unpaired) electrons. The molecule has 0 amide bonds. The minimum absolute atomic E-state index is 0.955. The molecule has 0 saturated heterocycles. The fraction of sp³-hybridized carbons (Fsp3) is 1.00. The van der Waals surface area contributed by atoms with Crippen molar-refractivity contribution in [3.8, 4) is 0 Å². The maximum Gasteiger partial charge on any atom is 0.256 e. The van der Waals surface area contributed by atoms with E-state index in [0.29, 0.717) is 0 Å². The third-order valence-corrected chi connectivity index (χ3v) is 1.28. The van der Waals surface area contributed by atoms with Gasteiger partial charge in [0.1, 0.15) is 0 Å². The van der Waals surface area contributed by atoms with Crippen molar-refractivity contribution in [1.29, 1.82) is 0 Å². The second kappa shape index (κ2) is 8.09. The average Bonchev–Trinajstić information content (AvgIpc) is 1.89. The highest BCUT2D eigenvalue weighted by molar-refractivity contribution is 6.42. The second-order valence-electron chi connectivity index (χ2n) is 2.32. The smallest absolute Gasteiger partial charge is 0.256 e. The van der Waals surface area contributed by atoms with E-state index >= 15 is 0 Å². The molecule has 0 aromatic heterocycles. The SMILES string of the molecule is CCCBOBCCC. The molecule has 0 rings (SSSR count). The largest absolute Gasteiger partial charge is 0.504 e.